The number of carbonyl (C=O) groups excluding carboxylic acids is 1. The van der Waals surface area contributed by atoms with Crippen LogP contribution in [0.4, 0.5) is 0 Å². The van der Waals surface area contributed by atoms with Crippen molar-refractivity contribution in [2.75, 3.05) is 6.61 Å². The van der Waals surface area contributed by atoms with Crippen molar-refractivity contribution in [3.8, 4) is 11.5 Å². The molecule has 4 N–H and O–H groups in total. The third-order valence-corrected chi connectivity index (χ3v) is 8.66. The van der Waals surface area contributed by atoms with E-state index in [0.29, 0.717) is 11.5 Å². The van der Waals surface area contributed by atoms with Crippen molar-refractivity contribution >= 4 is 11.9 Å². The second-order valence-electron chi connectivity index (χ2n) is 13.1. The van der Waals surface area contributed by atoms with Crippen LogP contribution in [0.25, 0.3) is 0 Å². The first kappa shape index (κ1) is 37.3. The summed E-state index contributed by atoms with van der Waals surface area (Å²) in [6.45, 7) is 17.9. The number of amides is 1. The van der Waals surface area contributed by atoms with Gasteiger partial charge in [0.15, 0.2) is 6.61 Å². The molecule has 0 aliphatic carbocycles. The fourth-order valence-corrected chi connectivity index (χ4v) is 5.37. The lowest BCUT2D eigenvalue weighted by Gasteiger charge is -2.34. The number of hydrogen-bond donors (Lipinski definition) is 4. The Morgan fingerprint density at radius 3 is 1.89 bits per heavy atom. The molecule has 0 saturated carbocycles. The molecule has 246 valence electrons. The summed E-state index contributed by atoms with van der Waals surface area (Å²) < 4.78 is 5.70. The molecule has 0 radical (unpaired) electrons. The number of benzene rings is 3. The highest BCUT2D eigenvalue weighted by atomic mass is 16.5. The average molecular weight is 620 g/mol. The SMILES string of the molecule is CCC(CC)(c1ccc(CCC(O)C(C)(C)C)c(C)c1)c1ccc(OCC(=O)N[C@H](C)C(=O)O)c(C)c1.Cc1ccc(O)cc1. The Hall–Kier alpha value is -3.84. The number of ether oxygens (including phenoxy) is 1. The van der Waals surface area contributed by atoms with E-state index in [4.69, 9.17) is 14.9 Å². The Morgan fingerprint density at radius 2 is 1.42 bits per heavy atom. The van der Waals surface area contributed by atoms with Crippen molar-refractivity contribution in [3.63, 3.8) is 0 Å². The summed E-state index contributed by atoms with van der Waals surface area (Å²) in [6, 6.07) is 18.9. The van der Waals surface area contributed by atoms with Gasteiger partial charge >= 0.3 is 5.97 Å². The maximum absolute atomic E-state index is 12.0. The van der Waals surface area contributed by atoms with Crippen LogP contribution in [0, 0.1) is 26.2 Å². The second kappa shape index (κ2) is 16.5. The van der Waals surface area contributed by atoms with E-state index < -0.39 is 17.9 Å². The van der Waals surface area contributed by atoms with E-state index in [-0.39, 0.29) is 23.5 Å². The minimum Gasteiger partial charge on any atom is -0.508 e. The lowest BCUT2D eigenvalue weighted by Crippen LogP contribution is -2.40. The molecule has 1 amide bonds. The summed E-state index contributed by atoms with van der Waals surface area (Å²) in [6.07, 6.45) is 3.11. The van der Waals surface area contributed by atoms with Crippen LogP contribution in [0.3, 0.4) is 0 Å². The van der Waals surface area contributed by atoms with E-state index in [2.05, 4.69) is 77.2 Å². The van der Waals surface area contributed by atoms with Crippen molar-refractivity contribution in [2.45, 2.75) is 106 Å². The maximum Gasteiger partial charge on any atom is 0.325 e. The van der Waals surface area contributed by atoms with Gasteiger partial charge in [0.2, 0.25) is 0 Å². The molecule has 0 aliphatic rings. The van der Waals surface area contributed by atoms with E-state index in [9.17, 15) is 14.7 Å². The number of aryl methyl sites for hydroxylation is 4. The van der Waals surface area contributed by atoms with Crippen LogP contribution in [0.2, 0.25) is 0 Å². The number of phenolic OH excluding ortho intramolecular Hbond substituents is 1. The number of nitrogens with one attached hydrogen (secondary N) is 1. The van der Waals surface area contributed by atoms with E-state index in [1.807, 2.05) is 32.0 Å². The predicted octanol–water partition coefficient (Wildman–Crippen LogP) is 7.42. The summed E-state index contributed by atoms with van der Waals surface area (Å²) in [5, 5.41) is 30.6. The molecule has 3 aromatic carbocycles. The van der Waals surface area contributed by atoms with Crippen molar-refractivity contribution in [1.29, 1.82) is 0 Å². The van der Waals surface area contributed by atoms with Gasteiger partial charge in [-0.2, -0.15) is 0 Å². The van der Waals surface area contributed by atoms with E-state index in [0.717, 1.165) is 31.2 Å². The fourth-order valence-electron chi connectivity index (χ4n) is 5.37. The Morgan fingerprint density at radius 1 is 0.867 bits per heavy atom. The number of rotatable bonds is 12. The predicted molar refractivity (Wildman–Crippen MR) is 181 cm³/mol. The molecule has 3 aromatic rings. The molecule has 0 spiro atoms. The quantitative estimate of drug-likeness (QED) is 0.168. The van der Waals surface area contributed by atoms with E-state index >= 15 is 0 Å². The minimum absolute atomic E-state index is 0.123. The lowest BCUT2D eigenvalue weighted by molar-refractivity contribution is -0.141. The van der Waals surface area contributed by atoms with Gasteiger partial charge in [0, 0.05) is 5.41 Å². The number of phenols is 1. The molecule has 45 heavy (non-hydrogen) atoms. The van der Waals surface area contributed by atoms with Crippen LogP contribution in [0.5, 0.6) is 11.5 Å². The molecule has 7 nitrogen and oxygen atoms in total. The first-order valence-corrected chi connectivity index (χ1v) is 15.8. The van der Waals surface area contributed by atoms with Crippen LogP contribution in [0.15, 0.2) is 60.7 Å². The zero-order valence-corrected chi connectivity index (χ0v) is 28.5. The highest BCUT2D eigenvalue weighted by Gasteiger charge is 2.31. The number of aromatic hydroxyl groups is 1. The Kier molecular flexibility index (Phi) is 13.7. The summed E-state index contributed by atoms with van der Waals surface area (Å²) in [4.78, 5) is 23.0. The van der Waals surface area contributed by atoms with Crippen LogP contribution in [0.1, 0.15) is 94.2 Å². The number of aliphatic carboxylic acids is 1. The topological polar surface area (TPSA) is 116 Å². The van der Waals surface area contributed by atoms with E-state index in [1.165, 1.54) is 34.7 Å². The molecule has 7 heteroatoms. The summed E-state index contributed by atoms with van der Waals surface area (Å²) in [5.74, 6) is -0.627. The molecule has 0 aromatic heterocycles. The standard InChI is InChI=1S/C31H45NO5.C7H8O/c1-9-31(10-2,24-13-11-23(20(3)17-24)12-16-27(33)30(6,7)8)25-14-15-26(21(4)18-25)37-19-28(34)32-22(5)29(35)36;1-6-2-4-7(8)5-3-6/h11,13-15,17-18,22,27,33H,9-10,12,16,19H2,1-8H3,(H,32,34)(H,35,36);2-5,8H,1H3/t22-,27?;/m1./s1. The molecule has 0 aliphatic heterocycles. The van der Waals surface area contributed by atoms with Crippen LogP contribution in [-0.4, -0.2) is 45.9 Å². The zero-order chi connectivity index (χ0) is 33.9. The number of carboxylic acids is 1. The van der Waals surface area contributed by atoms with Gasteiger partial charge in [-0.1, -0.05) is 82.6 Å². The van der Waals surface area contributed by atoms with Gasteiger partial charge in [-0.3, -0.25) is 9.59 Å². The van der Waals surface area contributed by atoms with Gasteiger partial charge in [-0.05, 0) is 105 Å². The van der Waals surface area contributed by atoms with Crippen molar-refractivity contribution in [2.24, 2.45) is 5.41 Å². The summed E-state index contributed by atoms with van der Waals surface area (Å²) in [5.41, 5.74) is 6.78. The van der Waals surface area contributed by atoms with Crippen LogP contribution < -0.4 is 10.1 Å². The van der Waals surface area contributed by atoms with Gasteiger partial charge in [0.1, 0.15) is 17.5 Å². The monoisotopic (exact) mass is 619 g/mol. The van der Waals surface area contributed by atoms with E-state index in [1.54, 1.807) is 12.1 Å². The fraction of sp³-hybridized carbons (Fsp3) is 0.474. The normalized spacial score (nSPS) is 12.8. The first-order chi connectivity index (χ1) is 21.0. The Balaban J connectivity index is 0.000000761. The molecular formula is C38H53NO6. The highest BCUT2D eigenvalue weighted by Crippen LogP contribution is 2.41. The lowest BCUT2D eigenvalue weighted by atomic mass is 9.69. The van der Waals surface area contributed by atoms with Gasteiger partial charge in [-0.15, -0.1) is 0 Å². The average Bonchev–Trinajstić information content (AvgIpc) is 2.98. The molecule has 0 heterocycles. The summed E-state index contributed by atoms with van der Waals surface area (Å²) >= 11 is 0. The number of aliphatic hydroxyl groups is 1. The summed E-state index contributed by atoms with van der Waals surface area (Å²) in [7, 11) is 0. The number of aliphatic hydroxyl groups excluding tert-OH is 1. The number of carboxylic acid groups (broad SMARTS) is 1. The second-order valence-corrected chi connectivity index (χ2v) is 13.1. The van der Waals surface area contributed by atoms with Gasteiger partial charge in [0.25, 0.3) is 5.91 Å². The van der Waals surface area contributed by atoms with Crippen molar-refractivity contribution < 1.29 is 29.6 Å². The Labute approximate surface area is 269 Å². The van der Waals surface area contributed by atoms with Crippen molar-refractivity contribution in [1.82, 2.24) is 5.32 Å². The maximum atomic E-state index is 12.0. The van der Waals surface area contributed by atoms with Gasteiger partial charge < -0.3 is 25.4 Å². The molecule has 0 fully saturated rings. The first-order valence-electron chi connectivity index (χ1n) is 15.8. The van der Waals surface area contributed by atoms with Crippen molar-refractivity contribution in [3.05, 3.63) is 94.0 Å². The number of carbonyl (C=O) groups is 2. The third-order valence-electron chi connectivity index (χ3n) is 8.66. The molecule has 3 rings (SSSR count). The largest absolute Gasteiger partial charge is 0.508 e. The highest BCUT2D eigenvalue weighted by molar-refractivity contribution is 5.84. The Bertz CT molecular complexity index is 1380. The third kappa shape index (κ3) is 10.6. The molecule has 1 unspecified atom stereocenters. The minimum atomic E-state index is -1.09. The smallest absolute Gasteiger partial charge is 0.325 e. The van der Waals surface area contributed by atoms with Gasteiger partial charge in [0.05, 0.1) is 6.10 Å². The molecule has 0 saturated heterocycles. The number of hydrogen-bond acceptors (Lipinski definition) is 5. The molecular weight excluding hydrogens is 566 g/mol. The van der Waals surface area contributed by atoms with Crippen LogP contribution in [-0.2, 0) is 21.4 Å². The molecule has 2 atom stereocenters. The molecule has 0 bridgehead atoms. The van der Waals surface area contributed by atoms with Crippen LogP contribution >= 0.6 is 0 Å². The van der Waals surface area contributed by atoms with Gasteiger partial charge in [-0.25, -0.2) is 0 Å². The zero-order valence-electron chi connectivity index (χ0n) is 28.5.